The van der Waals surface area contributed by atoms with E-state index in [4.69, 9.17) is 0 Å². The molecule has 0 aliphatic heterocycles. The lowest BCUT2D eigenvalue weighted by molar-refractivity contribution is 0.202. The maximum Gasteiger partial charge on any atom is 0.317 e. The van der Waals surface area contributed by atoms with E-state index in [1.807, 2.05) is 23.9 Å². The molecule has 1 aromatic carbocycles. The van der Waals surface area contributed by atoms with Crippen molar-refractivity contribution >= 4 is 17.8 Å². The normalized spacial score (nSPS) is 21.2. The minimum absolute atomic E-state index is 0.0644. The topological polar surface area (TPSA) is 52.6 Å². The first-order valence-electron chi connectivity index (χ1n) is 7.50. The first-order chi connectivity index (χ1) is 10.1. The average Bonchev–Trinajstić information content (AvgIpc) is 2.89. The number of benzene rings is 1. The molecule has 21 heavy (non-hydrogen) atoms. The van der Waals surface area contributed by atoms with Gasteiger partial charge in [-0.05, 0) is 31.1 Å². The van der Waals surface area contributed by atoms with Crippen molar-refractivity contribution in [3.05, 3.63) is 29.8 Å². The van der Waals surface area contributed by atoms with Crippen LogP contribution in [0.2, 0.25) is 0 Å². The van der Waals surface area contributed by atoms with Gasteiger partial charge < -0.3 is 15.3 Å². The highest BCUT2D eigenvalue weighted by atomic mass is 32.2. The predicted octanol–water partition coefficient (Wildman–Crippen LogP) is 3.21. The second-order valence-corrected chi connectivity index (χ2v) is 7.10. The Labute approximate surface area is 130 Å². The first kappa shape index (κ1) is 16.0. The smallest absolute Gasteiger partial charge is 0.317 e. The predicted molar refractivity (Wildman–Crippen MR) is 87.7 cm³/mol. The van der Waals surface area contributed by atoms with Crippen molar-refractivity contribution in [2.45, 2.75) is 44.0 Å². The third-order valence-corrected chi connectivity index (χ3v) is 5.09. The Morgan fingerprint density at radius 1 is 1.43 bits per heavy atom. The van der Waals surface area contributed by atoms with Crippen LogP contribution in [0, 0.1) is 0 Å². The van der Waals surface area contributed by atoms with E-state index in [0.717, 1.165) is 24.2 Å². The number of rotatable bonds is 5. The molecule has 2 amide bonds. The molecule has 116 valence electrons. The van der Waals surface area contributed by atoms with Crippen LogP contribution in [-0.4, -0.2) is 40.1 Å². The van der Waals surface area contributed by atoms with Crippen LogP contribution < -0.4 is 5.32 Å². The highest BCUT2D eigenvalue weighted by molar-refractivity contribution is 7.99. The fraction of sp³-hybridized carbons (Fsp3) is 0.562. The van der Waals surface area contributed by atoms with Crippen LogP contribution in [0.25, 0.3) is 0 Å². The molecule has 1 saturated carbocycles. The molecule has 1 aliphatic carbocycles. The molecule has 4 nitrogen and oxygen atoms in total. The molecule has 2 N–H and O–H groups in total. The van der Waals surface area contributed by atoms with Gasteiger partial charge in [0.2, 0.25) is 0 Å². The lowest BCUT2D eigenvalue weighted by atomic mass is 10.2. The van der Waals surface area contributed by atoms with Crippen LogP contribution in [0.5, 0.6) is 5.75 Å². The summed E-state index contributed by atoms with van der Waals surface area (Å²) in [7, 11) is 1.76. The summed E-state index contributed by atoms with van der Waals surface area (Å²) in [5.41, 5.74) is 0.765. The molecule has 2 rings (SSSR count). The average molecular weight is 308 g/mol. The number of hydrogen-bond donors (Lipinski definition) is 2. The zero-order chi connectivity index (χ0) is 15.2. The summed E-state index contributed by atoms with van der Waals surface area (Å²) in [6, 6.07) is 7.35. The second-order valence-electron chi connectivity index (χ2n) is 5.52. The van der Waals surface area contributed by atoms with E-state index in [-0.39, 0.29) is 17.8 Å². The molecule has 0 radical (unpaired) electrons. The summed E-state index contributed by atoms with van der Waals surface area (Å²) in [6.07, 6.45) is 3.31. The van der Waals surface area contributed by atoms with Gasteiger partial charge in [0.1, 0.15) is 5.75 Å². The van der Waals surface area contributed by atoms with E-state index in [2.05, 4.69) is 12.2 Å². The van der Waals surface area contributed by atoms with Gasteiger partial charge in [-0.25, -0.2) is 4.79 Å². The Hall–Kier alpha value is -1.36. The van der Waals surface area contributed by atoms with Gasteiger partial charge in [0.25, 0.3) is 0 Å². The van der Waals surface area contributed by atoms with E-state index in [0.29, 0.717) is 11.8 Å². The van der Waals surface area contributed by atoms with Crippen LogP contribution in [-0.2, 0) is 6.54 Å². The molecule has 1 aliphatic rings. The van der Waals surface area contributed by atoms with Crippen molar-refractivity contribution in [1.29, 1.82) is 0 Å². The number of phenols is 1. The van der Waals surface area contributed by atoms with Gasteiger partial charge in [0, 0.05) is 23.9 Å². The van der Waals surface area contributed by atoms with Crippen LogP contribution in [0.4, 0.5) is 4.79 Å². The number of thioether (sulfide) groups is 1. The fourth-order valence-corrected chi connectivity index (χ4v) is 3.86. The number of urea groups is 1. The molecular weight excluding hydrogens is 284 g/mol. The zero-order valence-electron chi connectivity index (χ0n) is 12.7. The molecule has 0 bridgehead atoms. The van der Waals surface area contributed by atoms with Gasteiger partial charge in [-0.15, -0.1) is 0 Å². The first-order valence-corrected chi connectivity index (χ1v) is 8.55. The molecular formula is C16H24N2O2S. The quantitative estimate of drug-likeness (QED) is 0.878. The van der Waals surface area contributed by atoms with Crippen LogP contribution in [0.3, 0.4) is 0 Å². The molecule has 0 unspecified atom stereocenters. The van der Waals surface area contributed by atoms with E-state index in [9.17, 15) is 9.90 Å². The number of carbonyl (C=O) groups is 1. The summed E-state index contributed by atoms with van der Waals surface area (Å²) in [5.74, 6) is 1.37. The summed E-state index contributed by atoms with van der Waals surface area (Å²) in [5, 5.41) is 13.5. The minimum Gasteiger partial charge on any atom is -0.508 e. The van der Waals surface area contributed by atoms with Gasteiger partial charge >= 0.3 is 6.03 Å². The maximum atomic E-state index is 12.2. The lowest BCUT2D eigenvalue weighted by Gasteiger charge is -2.21. The Balaban J connectivity index is 1.82. The SMILES string of the molecule is CCS[C@@H]1CC[C@H](NC(=O)N(C)Cc2ccccc2O)C1. The number of hydrogen-bond acceptors (Lipinski definition) is 3. The fourth-order valence-electron chi connectivity index (χ4n) is 2.71. The number of nitrogens with zero attached hydrogens (tertiary/aromatic N) is 1. The molecule has 5 heteroatoms. The van der Waals surface area contributed by atoms with Crippen molar-refractivity contribution in [2.24, 2.45) is 0 Å². The van der Waals surface area contributed by atoms with E-state index < -0.39 is 0 Å². The lowest BCUT2D eigenvalue weighted by Crippen LogP contribution is -2.41. The molecule has 2 atom stereocenters. The number of amides is 2. The number of nitrogens with one attached hydrogen (secondary N) is 1. The second kappa shape index (κ2) is 7.59. The standard InChI is InChI=1S/C16H24N2O2S/c1-3-21-14-9-8-13(10-14)17-16(20)18(2)11-12-6-4-5-7-15(12)19/h4-7,13-14,19H,3,8-11H2,1-2H3,(H,17,20)/t13-,14+/m0/s1. The Bertz CT molecular complexity index is 481. The third kappa shape index (κ3) is 4.56. The van der Waals surface area contributed by atoms with Crippen LogP contribution >= 0.6 is 11.8 Å². The van der Waals surface area contributed by atoms with E-state index in [1.165, 1.54) is 6.42 Å². The van der Waals surface area contributed by atoms with Gasteiger partial charge in [-0.1, -0.05) is 25.1 Å². The summed E-state index contributed by atoms with van der Waals surface area (Å²) in [6.45, 7) is 2.59. The molecule has 0 saturated heterocycles. The summed E-state index contributed by atoms with van der Waals surface area (Å²) in [4.78, 5) is 13.8. The molecule has 0 heterocycles. The Kier molecular flexibility index (Phi) is 5.79. The van der Waals surface area contributed by atoms with Crippen molar-refractivity contribution in [1.82, 2.24) is 10.2 Å². The maximum absolute atomic E-state index is 12.2. The van der Waals surface area contributed by atoms with E-state index in [1.54, 1.807) is 24.1 Å². The molecule has 0 spiro atoms. The Morgan fingerprint density at radius 3 is 2.90 bits per heavy atom. The molecule has 1 aromatic rings. The number of aromatic hydroxyl groups is 1. The van der Waals surface area contributed by atoms with Crippen molar-refractivity contribution in [2.75, 3.05) is 12.8 Å². The zero-order valence-corrected chi connectivity index (χ0v) is 13.5. The van der Waals surface area contributed by atoms with Crippen molar-refractivity contribution in [3.63, 3.8) is 0 Å². The van der Waals surface area contributed by atoms with Crippen molar-refractivity contribution < 1.29 is 9.90 Å². The molecule has 1 fully saturated rings. The highest BCUT2D eigenvalue weighted by Gasteiger charge is 2.26. The van der Waals surface area contributed by atoms with Crippen LogP contribution in [0.1, 0.15) is 31.7 Å². The van der Waals surface area contributed by atoms with Gasteiger partial charge in [-0.3, -0.25) is 0 Å². The van der Waals surface area contributed by atoms with Gasteiger partial charge in [-0.2, -0.15) is 11.8 Å². The number of phenolic OH excluding ortho intramolecular Hbond substituents is 1. The third-order valence-electron chi connectivity index (χ3n) is 3.86. The Morgan fingerprint density at radius 2 is 2.19 bits per heavy atom. The number of carbonyl (C=O) groups excluding carboxylic acids is 1. The molecule has 0 aromatic heterocycles. The van der Waals surface area contributed by atoms with Crippen molar-refractivity contribution in [3.8, 4) is 5.75 Å². The van der Waals surface area contributed by atoms with Gasteiger partial charge in [0.15, 0.2) is 0 Å². The van der Waals surface area contributed by atoms with Crippen LogP contribution in [0.15, 0.2) is 24.3 Å². The van der Waals surface area contributed by atoms with Gasteiger partial charge in [0.05, 0.1) is 6.54 Å². The highest BCUT2D eigenvalue weighted by Crippen LogP contribution is 2.29. The number of para-hydroxylation sites is 1. The summed E-state index contributed by atoms with van der Waals surface area (Å²) < 4.78 is 0. The minimum atomic E-state index is -0.0644. The summed E-state index contributed by atoms with van der Waals surface area (Å²) >= 11 is 1.98. The van der Waals surface area contributed by atoms with E-state index >= 15 is 0 Å². The largest absolute Gasteiger partial charge is 0.508 e. The monoisotopic (exact) mass is 308 g/mol.